The molecule has 0 aliphatic rings. The lowest BCUT2D eigenvalue weighted by molar-refractivity contribution is 1.17. The van der Waals surface area contributed by atoms with E-state index in [2.05, 4.69) is 11.9 Å². The standard InChI is InChI=1S/C13H13ClN2S/c1-9-5-6-10(15)7-12(9)17-8-11-3-2-4-13(14)16-11/h2-7H,8,15H2,1H3. The van der Waals surface area contributed by atoms with Crippen molar-refractivity contribution in [3.05, 3.63) is 52.8 Å². The van der Waals surface area contributed by atoms with Crippen LogP contribution in [-0.4, -0.2) is 4.98 Å². The number of nitrogens with two attached hydrogens (primary N) is 1. The lowest BCUT2D eigenvalue weighted by Crippen LogP contribution is -1.90. The van der Waals surface area contributed by atoms with Crippen molar-refractivity contribution in [2.75, 3.05) is 5.73 Å². The van der Waals surface area contributed by atoms with Gasteiger partial charge in [-0.05, 0) is 36.8 Å². The van der Waals surface area contributed by atoms with Crippen LogP contribution in [0.1, 0.15) is 11.3 Å². The van der Waals surface area contributed by atoms with Gasteiger partial charge in [-0.25, -0.2) is 4.98 Å². The Morgan fingerprint density at radius 2 is 2.12 bits per heavy atom. The summed E-state index contributed by atoms with van der Waals surface area (Å²) >= 11 is 7.56. The van der Waals surface area contributed by atoms with Crippen LogP contribution in [0.5, 0.6) is 0 Å². The van der Waals surface area contributed by atoms with Gasteiger partial charge in [-0.3, -0.25) is 0 Å². The van der Waals surface area contributed by atoms with E-state index in [1.807, 2.05) is 30.3 Å². The fraction of sp³-hybridized carbons (Fsp3) is 0.154. The number of halogens is 1. The van der Waals surface area contributed by atoms with Gasteiger partial charge in [0.25, 0.3) is 0 Å². The maximum atomic E-state index is 5.84. The van der Waals surface area contributed by atoms with Crippen LogP contribution in [0, 0.1) is 6.92 Å². The van der Waals surface area contributed by atoms with Crippen LogP contribution in [0.3, 0.4) is 0 Å². The number of nitrogen functional groups attached to an aromatic ring is 1. The average molecular weight is 265 g/mol. The first kappa shape index (κ1) is 12.3. The highest BCUT2D eigenvalue weighted by Crippen LogP contribution is 2.27. The van der Waals surface area contributed by atoms with Gasteiger partial charge in [0.15, 0.2) is 0 Å². The third kappa shape index (κ3) is 3.38. The van der Waals surface area contributed by atoms with Crippen LogP contribution in [0.15, 0.2) is 41.3 Å². The van der Waals surface area contributed by atoms with Crippen LogP contribution in [0.25, 0.3) is 0 Å². The highest BCUT2D eigenvalue weighted by molar-refractivity contribution is 7.98. The molecule has 2 rings (SSSR count). The molecular weight excluding hydrogens is 252 g/mol. The van der Waals surface area contributed by atoms with Gasteiger partial charge >= 0.3 is 0 Å². The normalized spacial score (nSPS) is 10.5. The molecule has 2 N–H and O–H groups in total. The maximum Gasteiger partial charge on any atom is 0.129 e. The Morgan fingerprint density at radius 1 is 1.29 bits per heavy atom. The van der Waals surface area contributed by atoms with Crippen molar-refractivity contribution in [1.29, 1.82) is 0 Å². The molecule has 2 nitrogen and oxygen atoms in total. The minimum absolute atomic E-state index is 0.535. The number of hydrogen-bond acceptors (Lipinski definition) is 3. The molecule has 17 heavy (non-hydrogen) atoms. The van der Waals surface area contributed by atoms with Gasteiger partial charge in [-0.2, -0.15) is 0 Å². The van der Waals surface area contributed by atoms with Crippen molar-refractivity contribution in [1.82, 2.24) is 4.98 Å². The SMILES string of the molecule is Cc1ccc(N)cc1SCc1cccc(Cl)n1. The Bertz CT molecular complexity index is 529. The van der Waals surface area contributed by atoms with Gasteiger partial charge in [0.2, 0.25) is 0 Å². The number of hydrogen-bond donors (Lipinski definition) is 1. The van der Waals surface area contributed by atoms with Crippen molar-refractivity contribution in [2.24, 2.45) is 0 Å². The first-order chi connectivity index (χ1) is 8.15. The minimum Gasteiger partial charge on any atom is -0.399 e. The van der Waals surface area contributed by atoms with Crippen molar-refractivity contribution in [3.63, 3.8) is 0 Å². The molecule has 0 radical (unpaired) electrons. The number of nitrogens with zero attached hydrogens (tertiary/aromatic N) is 1. The van der Waals surface area contributed by atoms with Crippen LogP contribution >= 0.6 is 23.4 Å². The summed E-state index contributed by atoms with van der Waals surface area (Å²) in [5, 5.41) is 0.535. The van der Waals surface area contributed by atoms with Gasteiger partial charge < -0.3 is 5.73 Å². The Morgan fingerprint density at radius 3 is 2.88 bits per heavy atom. The molecule has 4 heteroatoms. The van der Waals surface area contributed by atoms with E-state index in [1.54, 1.807) is 17.8 Å². The second kappa shape index (κ2) is 5.43. The lowest BCUT2D eigenvalue weighted by Gasteiger charge is -2.06. The average Bonchev–Trinajstić information content (AvgIpc) is 2.30. The number of thioether (sulfide) groups is 1. The molecule has 0 unspecified atom stereocenters. The fourth-order valence-corrected chi connectivity index (χ4v) is 2.62. The summed E-state index contributed by atoms with van der Waals surface area (Å²) < 4.78 is 0. The zero-order valence-electron chi connectivity index (χ0n) is 9.48. The summed E-state index contributed by atoms with van der Waals surface area (Å²) in [6, 6.07) is 11.6. The van der Waals surface area contributed by atoms with Crippen molar-refractivity contribution >= 4 is 29.1 Å². The number of pyridine rings is 1. The molecule has 1 heterocycles. The van der Waals surface area contributed by atoms with Crippen LogP contribution in [0.2, 0.25) is 5.15 Å². The molecule has 0 fully saturated rings. The quantitative estimate of drug-likeness (QED) is 0.519. The smallest absolute Gasteiger partial charge is 0.129 e. The van der Waals surface area contributed by atoms with Crippen molar-refractivity contribution in [2.45, 2.75) is 17.6 Å². The molecule has 0 bridgehead atoms. The Hall–Kier alpha value is -1.19. The monoisotopic (exact) mass is 264 g/mol. The largest absolute Gasteiger partial charge is 0.399 e. The molecule has 1 aromatic heterocycles. The van der Waals surface area contributed by atoms with Crippen LogP contribution in [0.4, 0.5) is 5.69 Å². The van der Waals surface area contributed by atoms with Gasteiger partial charge in [0.05, 0.1) is 5.69 Å². The summed E-state index contributed by atoms with van der Waals surface area (Å²) in [6.45, 7) is 2.08. The molecule has 1 aromatic carbocycles. The molecule has 0 spiro atoms. The van der Waals surface area contributed by atoms with Crippen LogP contribution in [-0.2, 0) is 5.75 Å². The summed E-state index contributed by atoms with van der Waals surface area (Å²) in [4.78, 5) is 5.44. The first-order valence-electron chi connectivity index (χ1n) is 5.25. The van der Waals surface area contributed by atoms with Crippen molar-refractivity contribution < 1.29 is 0 Å². The fourth-order valence-electron chi connectivity index (χ4n) is 1.45. The summed E-state index contributed by atoms with van der Waals surface area (Å²) in [6.07, 6.45) is 0. The van der Waals surface area contributed by atoms with E-state index in [0.29, 0.717) is 5.15 Å². The summed E-state index contributed by atoms with van der Waals surface area (Å²) in [5.41, 5.74) is 8.76. The number of benzene rings is 1. The van der Waals surface area contributed by atoms with Crippen molar-refractivity contribution in [3.8, 4) is 0 Å². The molecule has 0 amide bonds. The van der Waals surface area contributed by atoms with E-state index in [0.717, 1.165) is 17.1 Å². The highest BCUT2D eigenvalue weighted by atomic mass is 35.5. The van der Waals surface area contributed by atoms with E-state index >= 15 is 0 Å². The topological polar surface area (TPSA) is 38.9 Å². The van der Waals surface area contributed by atoms with Gasteiger partial charge in [0, 0.05) is 16.3 Å². The predicted octanol–water partition coefficient (Wildman–Crippen LogP) is 3.92. The van der Waals surface area contributed by atoms with E-state index < -0.39 is 0 Å². The number of anilines is 1. The zero-order valence-corrected chi connectivity index (χ0v) is 11.1. The van der Waals surface area contributed by atoms with Gasteiger partial charge in [-0.15, -0.1) is 11.8 Å². The van der Waals surface area contributed by atoms with E-state index in [9.17, 15) is 0 Å². The van der Waals surface area contributed by atoms with E-state index in [-0.39, 0.29) is 0 Å². The van der Waals surface area contributed by atoms with Gasteiger partial charge in [0.1, 0.15) is 5.15 Å². The van der Waals surface area contributed by atoms with E-state index in [4.69, 9.17) is 17.3 Å². The minimum atomic E-state index is 0.535. The zero-order chi connectivity index (χ0) is 12.3. The third-order valence-electron chi connectivity index (χ3n) is 2.36. The first-order valence-corrected chi connectivity index (χ1v) is 6.62. The predicted molar refractivity (Wildman–Crippen MR) is 74.4 cm³/mol. The second-order valence-electron chi connectivity index (χ2n) is 3.77. The Labute approximate surface area is 110 Å². The van der Waals surface area contributed by atoms with E-state index in [1.165, 1.54) is 10.5 Å². The molecule has 0 atom stereocenters. The lowest BCUT2D eigenvalue weighted by atomic mass is 10.2. The molecule has 0 aliphatic carbocycles. The molecule has 0 aliphatic heterocycles. The maximum absolute atomic E-state index is 5.84. The number of aryl methyl sites for hydroxylation is 1. The van der Waals surface area contributed by atoms with Gasteiger partial charge in [-0.1, -0.05) is 23.7 Å². The number of rotatable bonds is 3. The highest BCUT2D eigenvalue weighted by Gasteiger charge is 2.02. The third-order valence-corrected chi connectivity index (χ3v) is 3.76. The molecule has 2 aromatic rings. The Balaban J connectivity index is 2.09. The second-order valence-corrected chi connectivity index (χ2v) is 5.17. The molecule has 88 valence electrons. The molecular formula is C13H13ClN2S. The summed E-state index contributed by atoms with van der Waals surface area (Å²) in [7, 11) is 0. The number of aromatic nitrogens is 1. The summed E-state index contributed by atoms with van der Waals surface area (Å²) in [5.74, 6) is 0.796. The molecule has 0 saturated heterocycles. The molecule has 0 saturated carbocycles. The Kier molecular flexibility index (Phi) is 3.92. The van der Waals surface area contributed by atoms with Crippen LogP contribution < -0.4 is 5.73 Å².